The Hall–Kier alpha value is -3.48. The van der Waals surface area contributed by atoms with Crippen LogP contribution in [0.4, 0.5) is 0 Å². The van der Waals surface area contributed by atoms with Gasteiger partial charge in [0.25, 0.3) is 11.5 Å². The van der Waals surface area contributed by atoms with Crippen LogP contribution in [0, 0.1) is 0 Å². The first kappa shape index (κ1) is 17.3. The molecule has 0 radical (unpaired) electrons. The number of rotatable bonds is 5. The molecule has 1 amide bonds. The van der Waals surface area contributed by atoms with E-state index < -0.39 is 17.2 Å². The zero-order valence-electron chi connectivity index (χ0n) is 14.3. The molecule has 3 rings (SSSR count). The second kappa shape index (κ2) is 7.60. The van der Waals surface area contributed by atoms with Crippen molar-refractivity contribution in [3.63, 3.8) is 0 Å². The molecule has 3 aromatic rings. The largest absolute Gasteiger partial charge is 0.337 e. The number of hydrogen-bond donors (Lipinski definition) is 1. The smallest absolute Gasteiger partial charge is 0.328 e. The minimum atomic E-state index is -0.635. The third kappa shape index (κ3) is 3.77. The van der Waals surface area contributed by atoms with Gasteiger partial charge in [0.2, 0.25) is 0 Å². The summed E-state index contributed by atoms with van der Waals surface area (Å²) in [7, 11) is 1.61. The molecule has 0 aliphatic carbocycles. The average Bonchev–Trinajstić information content (AvgIpc) is 2.66. The highest BCUT2D eigenvalue weighted by Gasteiger charge is 2.19. The summed E-state index contributed by atoms with van der Waals surface area (Å²) in [5.41, 5.74) is 0.204. The van der Waals surface area contributed by atoms with E-state index >= 15 is 0 Å². The Bertz CT molecular complexity index is 1010. The maximum absolute atomic E-state index is 12.7. The number of pyridine rings is 1. The molecule has 0 bridgehead atoms. The molecule has 1 aromatic carbocycles. The van der Waals surface area contributed by atoms with Gasteiger partial charge in [-0.15, -0.1) is 0 Å². The predicted molar refractivity (Wildman–Crippen MR) is 96.9 cm³/mol. The summed E-state index contributed by atoms with van der Waals surface area (Å²) < 4.78 is 0.978. The molecule has 0 atom stereocenters. The van der Waals surface area contributed by atoms with Crippen LogP contribution >= 0.6 is 0 Å². The van der Waals surface area contributed by atoms with Crippen LogP contribution in [0.5, 0.6) is 0 Å². The van der Waals surface area contributed by atoms with Gasteiger partial charge in [0.05, 0.1) is 12.2 Å². The topological polar surface area (TPSA) is 88.1 Å². The van der Waals surface area contributed by atoms with Crippen molar-refractivity contribution in [1.29, 1.82) is 0 Å². The highest BCUT2D eigenvalue weighted by atomic mass is 16.2. The quantitative estimate of drug-likeness (QED) is 0.750. The summed E-state index contributed by atoms with van der Waals surface area (Å²) >= 11 is 0. The van der Waals surface area contributed by atoms with Crippen molar-refractivity contribution in [2.24, 2.45) is 0 Å². The van der Waals surface area contributed by atoms with E-state index in [1.807, 2.05) is 30.3 Å². The SMILES string of the molecule is CN(Cc1ccccc1)C(=O)c1c[nH]c(=O)n(Cc2ccccn2)c1=O. The molecule has 2 aromatic heterocycles. The van der Waals surface area contributed by atoms with Crippen molar-refractivity contribution < 1.29 is 4.79 Å². The van der Waals surface area contributed by atoms with Crippen molar-refractivity contribution in [1.82, 2.24) is 19.4 Å². The standard InChI is InChI=1S/C19H18N4O3/c1-22(12-14-7-3-2-4-8-14)17(24)16-11-21-19(26)23(18(16)25)13-15-9-5-6-10-20-15/h2-11H,12-13H2,1H3,(H,21,26). The third-order valence-electron chi connectivity index (χ3n) is 3.95. The van der Waals surface area contributed by atoms with Crippen molar-refractivity contribution in [2.75, 3.05) is 7.05 Å². The lowest BCUT2D eigenvalue weighted by Gasteiger charge is -2.17. The van der Waals surface area contributed by atoms with Gasteiger partial charge in [-0.05, 0) is 17.7 Å². The van der Waals surface area contributed by atoms with Gasteiger partial charge in [-0.1, -0.05) is 36.4 Å². The third-order valence-corrected chi connectivity index (χ3v) is 3.95. The molecule has 7 nitrogen and oxygen atoms in total. The molecule has 132 valence electrons. The van der Waals surface area contributed by atoms with E-state index in [9.17, 15) is 14.4 Å². The van der Waals surface area contributed by atoms with Crippen LogP contribution in [-0.2, 0) is 13.1 Å². The van der Waals surface area contributed by atoms with E-state index in [1.54, 1.807) is 31.4 Å². The van der Waals surface area contributed by atoms with Gasteiger partial charge >= 0.3 is 5.69 Å². The monoisotopic (exact) mass is 350 g/mol. The van der Waals surface area contributed by atoms with Crippen LogP contribution in [0.15, 0.2) is 70.5 Å². The van der Waals surface area contributed by atoms with Crippen LogP contribution in [0.2, 0.25) is 0 Å². The van der Waals surface area contributed by atoms with Gasteiger partial charge in [0.1, 0.15) is 5.56 Å². The number of aromatic nitrogens is 3. The van der Waals surface area contributed by atoms with E-state index in [2.05, 4.69) is 9.97 Å². The number of aromatic amines is 1. The average molecular weight is 350 g/mol. The number of carbonyl (C=O) groups is 1. The molecule has 1 N–H and O–H groups in total. The second-order valence-electron chi connectivity index (χ2n) is 5.87. The Morgan fingerprint density at radius 3 is 2.54 bits per heavy atom. The number of carbonyl (C=O) groups excluding carboxylic acids is 1. The lowest BCUT2D eigenvalue weighted by molar-refractivity contribution is 0.0782. The lowest BCUT2D eigenvalue weighted by Crippen LogP contribution is -2.41. The molecule has 2 heterocycles. The Morgan fingerprint density at radius 1 is 1.12 bits per heavy atom. The number of H-pyrrole nitrogens is 1. The first-order chi connectivity index (χ1) is 12.6. The minimum Gasteiger partial charge on any atom is -0.337 e. The Labute approximate surface area is 149 Å². The fourth-order valence-corrected chi connectivity index (χ4v) is 2.60. The number of benzene rings is 1. The van der Waals surface area contributed by atoms with Crippen LogP contribution in [0.3, 0.4) is 0 Å². The Kier molecular flexibility index (Phi) is 5.07. The van der Waals surface area contributed by atoms with Crippen LogP contribution < -0.4 is 11.2 Å². The van der Waals surface area contributed by atoms with Gasteiger partial charge in [0, 0.05) is 26.0 Å². The maximum atomic E-state index is 12.7. The summed E-state index contributed by atoms with van der Waals surface area (Å²) in [6.45, 7) is 0.358. The Morgan fingerprint density at radius 2 is 1.85 bits per heavy atom. The van der Waals surface area contributed by atoms with Crippen molar-refractivity contribution in [3.8, 4) is 0 Å². The maximum Gasteiger partial charge on any atom is 0.328 e. The number of amides is 1. The summed E-state index contributed by atoms with van der Waals surface area (Å²) in [6.07, 6.45) is 2.75. The van der Waals surface area contributed by atoms with Crippen LogP contribution in [0.1, 0.15) is 21.6 Å². The van der Waals surface area contributed by atoms with E-state index in [0.717, 1.165) is 10.1 Å². The lowest BCUT2D eigenvalue weighted by atomic mass is 10.2. The minimum absolute atomic E-state index is 0.00146. The Balaban J connectivity index is 1.88. The first-order valence-electron chi connectivity index (χ1n) is 8.08. The fraction of sp³-hybridized carbons (Fsp3) is 0.158. The summed E-state index contributed by atoms with van der Waals surface area (Å²) in [4.78, 5) is 45.4. The molecule has 0 saturated heterocycles. The zero-order valence-corrected chi connectivity index (χ0v) is 14.3. The van der Waals surface area contributed by atoms with Crippen LogP contribution in [-0.4, -0.2) is 32.4 Å². The van der Waals surface area contributed by atoms with Crippen molar-refractivity contribution in [3.05, 3.63) is 98.6 Å². The van der Waals surface area contributed by atoms with Gasteiger partial charge in [-0.25, -0.2) is 4.79 Å². The molecular formula is C19H18N4O3. The van der Waals surface area contributed by atoms with Crippen molar-refractivity contribution in [2.45, 2.75) is 13.1 Å². The summed E-state index contributed by atoms with van der Waals surface area (Å²) in [5, 5.41) is 0. The number of hydrogen-bond acceptors (Lipinski definition) is 4. The predicted octanol–water partition coefficient (Wildman–Crippen LogP) is 1.25. The summed E-state index contributed by atoms with van der Waals surface area (Å²) in [6, 6.07) is 14.7. The normalized spacial score (nSPS) is 10.5. The molecule has 0 saturated carbocycles. The van der Waals surface area contributed by atoms with Gasteiger partial charge < -0.3 is 9.88 Å². The molecule has 0 unspecified atom stereocenters. The fourth-order valence-electron chi connectivity index (χ4n) is 2.60. The van der Waals surface area contributed by atoms with Gasteiger partial charge in [-0.3, -0.25) is 19.1 Å². The molecule has 0 fully saturated rings. The molecule has 7 heteroatoms. The van der Waals surface area contributed by atoms with E-state index in [-0.39, 0.29) is 12.1 Å². The second-order valence-corrected chi connectivity index (χ2v) is 5.87. The van der Waals surface area contributed by atoms with E-state index in [0.29, 0.717) is 12.2 Å². The van der Waals surface area contributed by atoms with E-state index in [4.69, 9.17) is 0 Å². The van der Waals surface area contributed by atoms with Crippen LogP contribution in [0.25, 0.3) is 0 Å². The molecule has 0 aliphatic heterocycles. The summed E-state index contributed by atoms with van der Waals surface area (Å²) in [5.74, 6) is -0.454. The highest BCUT2D eigenvalue weighted by molar-refractivity contribution is 5.93. The number of nitrogens with one attached hydrogen (secondary N) is 1. The molecule has 0 aliphatic rings. The highest BCUT2D eigenvalue weighted by Crippen LogP contribution is 2.05. The van der Waals surface area contributed by atoms with Crippen molar-refractivity contribution >= 4 is 5.91 Å². The van der Waals surface area contributed by atoms with E-state index in [1.165, 1.54) is 11.1 Å². The molecule has 26 heavy (non-hydrogen) atoms. The van der Waals surface area contributed by atoms with Gasteiger partial charge in [0.15, 0.2) is 0 Å². The zero-order chi connectivity index (χ0) is 18.5. The van der Waals surface area contributed by atoms with Gasteiger partial charge in [-0.2, -0.15) is 0 Å². The molecular weight excluding hydrogens is 332 g/mol. The number of nitrogens with zero attached hydrogens (tertiary/aromatic N) is 3. The molecule has 0 spiro atoms. The first-order valence-corrected chi connectivity index (χ1v) is 8.08.